The molecule has 0 fully saturated rings. The van der Waals surface area contributed by atoms with Crippen LogP contribution in [-0.4, -0.2) is 40.2 Å². The molecule has 4 rings (SSSR count). The molecule has 8 heteroatoms. The van der Waals surface area contributed by atoms with Crippen molar-refractivity contribution in [3.63, 3.8) is 0 Å². The van der Waals surface area contributed by atoms with Crippen LogP contribution in [-0.2, 0) is 0 Å². The van der Waals surface area contributed by atoms with E-state index in [-0.39, 0.29) is 12.0 Å². The van der Waals surface area contributed by atoms with Gasteiger partial charge >= 0.3 is 11.6 Å². The Hall–Kier alpha value is -3.94. The molecule has 2 aromatic carbocycles. The summed E-state index contributed by atoms with van der Waals surface area (Å²) >= 11 is 0. The van der Waals surface area contributed by atoms with E-state index in [4.69, 9.17) is 4.42 Å². The second kappa shape index (κ2) is 8.43. The SMILES string of the molecule is CCN(CC)c1nc(O)nc(N(C)c2ccc3cc(-c4ccccc4)c(=O)oc3c2)n1. The topological polar surface area (TPSA) is 95.6 Å². The number of hydrogen-bond acceptors (Lipinski definition) is 8. The molecule has 31 heavy (non-hydrogen) atoms. The molecule has 0 saturated carbocycles. The first-order valence-electron chi connectivity index (χ1n) is 10.1. The molecule has 1 N–H and O–H groups in total. The van der Waals surface area contributed by atoms with Gasteiger partial charge in [-0.25, -0.2) is 4.79 Å². The average molecular weight is 417 g/mol. The summed E-state index contributed by atoms with van der Waals surface area (Å²) in [6, 6.07) is 16.4. The molecule has 2 aromatic heterocycles. The van der Waals surface area contributed by atoms with Crippen LogP contribution in [0.5, 0.6) is 6.01 Å². The Morgan fingerprint density at radius 3 is 2.35 bits per heavy atom. The van der Waals surface area contributed by atoms with Crippen molar-refractivity contribution in [1.29, 1.82) is 0 Å². The predicted molar refractivity (Wildman–Crippen MR) is 121 cm³/mol. The van der Waals surface area contributed by atoms with Crippen LogP contribution < -0.4 is 15.4 Å². The van der Waals surface area contributed by atoms with Crippen LogP contribution in [0.2, 0.25) is 0 Å². The van der Waals surface area contributed by atoms with Gasteiger partial charge in [0.25, 0.3) is 0 Å². The fourth-order valence-electron chi connectivity index (χ4n) is 3.38. The van der Waals surface area contributed by atoms with E-state index in [0.29, 0.717) is 35.9 Å². The molecular formula is C23H23N5O3. The van der Waals surface area contributed by atoms with Crippen molar-refractivity contribution >= 4 is 28.6 Å². The van der Waals surface area contributed by atoms with Crippen molar-refractivity contribution < 1.29 is 9.52 Å². The Bertz CT molecular complexity index is 1270. The fraction of sp³-hybridized carbons (Fsp3) is 0.217. The van der Waals surface area contributed by atoms with Gasteiger partial charge in [0.2, 0.25) is 11.9 Å². The van der Waals surface area contributed by atoms with Crippen molar-refractivity contribution in [2.45, 2.75) is 13.8 Å². The number of aromatic nitrogens is 3. The van der Waals surface area contributed by atoms with E-state index in [9.17, 15) is 9.90 Å². The molecule has 0 amide bonds. The van der Waals surface area contributed by atoms with Gasteiger partial charge < -0.3 is 19.3 Å². The van der Waals surface area contributed by atoms with Crippen molar-refractivity contribution in [2.24, 2.45) is 0 Å². The molecular weight excluding hydrogens is 394 g/mol. The van der Waals surface area contributed by atoms with E-state index >= 15 is 0 Å². The highest BCUT2D eigenvalue weighted by Crippen LogP contribution is 2.28. The van der Waals surface area contributed by atoms with E-state index in [1.165, 1.54) is 0 Å². The first-order chi connectivity index (χ1) is 15.0. The fourth-order valence-corrected chi connectivity index (χ4v) is 3.38. The zero-order chi connectivity index (χ0) is 22.0. The molecule has 0 bridgehead atoms. The Labute approximate surface area is 179 Å². The van der Waals surface area contributed by atoms with Crippen molar-refractivity contribution in [3.05, 3.63) is 65.0 Å². The van der Waals surface area contributed by atoms with Crippen molar-refractivity contribution in [2.75, 3.05) is 29.9 Å². The Kier molecular flexibility index (Phi) is 5.53. The van der Waals surface area contributed by atoms with Crippen LogP contribution >= 0.6 is 0 Å². The van der Waals surface area contributed by atoms with Gasteiger partial charge in [-0.05, 0) is 37.6 Å². The van der Waals surface area contributed by atoms with Gasteiger partial charge in [0.1, 0.15) is 5.58 Å². The molecule has 0 aliphatic rings. The number of rotatable bonds is 6. The molecule has 0 aliphatic heterocycles. The molecule has 2 heterocycles. The summed E-state index contributed by atoms with van der Waals surface area (Å²) in [5, 5.41) is 10.8. The molecule has 0 radical (unpaired) electrons. The quantitative estimate of drug-likeness (QED) is 0.471. The minimum Gasteiger partial charge on any atom is -0.479 e. The number of benzene rings is 2. The second-order valence-corrected chi connectivity index (χ2v) is 7.00. The summed E-state index contributed by atoms with van der Waals surface area (Å²) in [4.78, 5) is 28.7. The summed E-state index contributed by atoms with van der Waals surface area (Å²) in [5.41, 5.74) is 2.08. The van der Waals surface area contributed by atoms with Crippen LogP contribution in [0.1, 0.15) is 13.8 Å². The van der Waals surface area contributed by atoms with E-state index < -0.39 is 5.63 Å². The summed E-state index contributed by atoms with van der Waals surface area (Å²) in [5.74, 6) is 0.691. The van der Waals surface area contributed by atoms with Crippen LogP contribution in [0.4, 0.5) is 17.6 Å². The molecule has 4 aromatic rings. The smallest absolute Gasteiger partial charge is 0.344 e. The van der Waals surface area contributed by atoms with Gasteiger partial charge in [0.15, 0.2) is 0 Å². The highest BCUT2D eigenvalue weighted by molar-refractivity contribution is 5.85. The lowest BCUT2D eigenvalue weighted by molar-refractivity contribution is 0.428. The third-order valence-corrected chi connectivity index (χ3v) is 5.14. The first-order valence-corrected chi connectivity index (χ1v) is 10.1. The third kappa shape index (κ3) is 4.05. The molecule has 0 unspecified atom stereocenters. The van der Waals surface area contributed by atoms with Gasteiger partial charge in [0, 0.05) is 37.3 Å². The van der Waals surface area contributed by atoms with E-state index in [0.717, 1.165) is 10.9 Å². The minimum absolute atomic E-state index is 0.289. The highest BCUT2D eigenvalue weighted by atomic mass is 16.4. The second-order valence-electron chi connectivity index (χ2n) is 7.00. The maximum absolute atomic E-state index is 12.6. The molecule has 0 atom stereocenters. The van der Waals surface area contributed by atoms with Crippen LogP contribution in [0.3, 0.4) is 0 Å². The molecule has 158 valence electrons. The zero-order valence-corrected chi connectivity index (χ0v) is 17.6. The number of nitrogens with zero attached hydrogens (tertiary/aromatic N) is 5. The maximum Gasteiger partial charge on any atom is 0.344 e. The summed E-state index contributed by atoms with van der Waals surface area (Å²) in [6.07, 6.45) is 0. The highest BCUT2D eigenvalue weighted by Gasteiger charge is 2.16. The number of hydrogen-bond donors (Lipinski definition) is 1. The van der Waals surface area contributed by atoms with Gasteiger partial charge in [-0.3, -0.25) is 0 Å². The number of fused-ring (bicyclic) bond motifs is 1. The van der Waals surface area contributed by atoms with E-state index in [1.54, 1.807) is 18.0 Å². The monoisotopic (exact) mass is 417 g/mol. The van der Waals surface area contributed by atoms with Crippen LogP contribution in [0, 0.1) is 0 Å². The Balaban J connectivity index is 1.73. The normalized spacial score (nSPS) is 10.9. The largest absolute Gasteiger partial charge is 0.479 e. The molecule has 0 spiro atoms. The minimum atomic E-state index is -0.403. The van der Waals surface area contributed by atoms with Gasteiger partial charge in [-0.15, -0.1) is 0 Å². The summed E-state index contributed by atoms with van der Waals surface area (Å²) in [7, 11) is 1.78. The van der Waals surface area contributed by atoms with E-state index in [2.05, 4.69) is 15.0 Å². The lowest BCUT2D eigenvalue weighted by atomic mass is 10.1. The van der Waals surface area contributed by atoms with Crippen LogP contribution in [0.15, 0.2) is 63.8 Å². The zero-order valence-electron chi connectivity index (χ0n) is 17.6. The van der Waals surface area contributed by atoms with Crippen molar-refractivity contribution in [3.8, 4) is 17.1 Å². The molecule has 0 saturated heterocycles. The Morgan fingerprint density at radius 1 is 0.935 bits per heavy atom. The van der Waals surface area contributed by atoms with Gasteiger partial charge in [-0.2, -0.15) is 15.0 Å². The first kappa shape index (κ1) is 20.3. The maximum atomic E-state index is 12.6. The standard InChI is InChI=1S/C23H23N5O3/c1-4-28(5-2)22-24-21(25-23(30)26-22)27(3)17-12-11-16-13-18(15-9-7-6-8-10-15)20(29)31-19(16)14-17/h6-14H,4-5H2,1-3H3,(H,24,25,26,30). The third-order valence-electron chi connectivity index (χ3n) is 5.14. The van der Waals surface area contributed by atoms with E-state index in [1.807, 2.05) is 67.3 Å². The average Bonchev–Trinajstić information content (AvgIpc) is 2.79. The number of aromatic hydroxyl groups is 1. The van der Waals surface area contributed by atoms with Crippen molar-refractivity contribution in [1.82, 2.24) is 15.0 Å². The lowest BCUT2D eigenvalue weighted by Gasteiger charge is -2.22. The number of anilines is 3. The predicted octanol–water partition coefficient (Wildman–Crippen LogP) is 3.96. The Morgan fingerprint density at radius 2 is 1.65 bits per heavy atom. The summed E-state index contributed by atoms with van der Waals surface area (Å²) < 4.78 is 5.60. The van der Waals surface area contributed by atoms with Crippen LogP contribution in [0.25, 0.3) is 22.1 Å². The lowest BCUT2D eigenvalue weighted by Crippen LogP contribution is -2.25. The van der Waals surface area contributed by atoms with Gasteiger partial charge in [-0.1, -0.05) is 30.3 Å². The molecule has 0 aliphatic carbocycles. The molecule has 8 nitrogen and oxygen atoms in total. The summed E-state index contributed by atoms with van der Waals surface area (Å²) in [6.45, 7) is 5.38. The van der Waals surface area contributed by atoms with Gasteiger partial charge in [0.05, 0.1) is 5.56 Å².